The van der Waals surface area contributed by atoms with Crippen LogP contribution in [0.4, 0.5) is 0 Å². The lowest BCUT2D eigenvalue weighted by molar-refractivity contribution is 0.271. The van der Waals surface area contributed by atoms with Crippen LogP contribution in [-0.4, -0.2) is 62.2 Å². The quantitative estimate of drug-likeness (QED) is 0.480. The maximum atomic E-state index is 4.33. The van der Waals surface area contributed by atoms with Crippen molar-refractivity contribution in [2.75, 3.05) is 52.4 Å². The average molecular weight is 397 g/mol. The fourth-order valence-electron chi connectivity index (χ4n) is 3.54. The molecule has 1 aliphatic rings. The third kappa shape index (κ3) is 9.02. The number of hydrogen-bond donors (Lipinski definition) is 4. The molecule has 158 valence electrons. The number of pyridine rings is 1. The Morgan fingerprint density at radius 3 is 2.34 bits per heavy atom. The van der Waals surface area contributed by atoms with E-state index < -0.39 is 0 Å². The molecule has 1 aliphatic heterocycles. The molecule has 6 nitrogen and oxygen atoms in total. The first-order chi connectivity index (χ1) is 14.4. The van der Waals surface area contributed by atoms with Crippen LogP contribution in [0.15, 0.2) is 48.7 Å². The van der Waals surface area contributed by atoms with Crippen molar-refractivity contribution in [2.24, 2.45) is 0 Å². The van der Waals surface area contributed by atoms with Crippen molar-refractivity contribution in [1.29, 1.82) is 0 Å². The van der Waals surface area contributed by atoms with Crippen molar-refractivity contribution in [3.8, 4) is 0 Å². The number of rotatable bonds is 9. The molecule has 0 amide bonds. The van der Waals surface area contributed by atoms with E-state index in [0.29, 0.717) is 0 Å². The molecule has 3 rings (SSSR count). The predicted molar refractivity (Wildman–Crippen MR) is 120 cm³/mol. The van der Waals surface area contributed by atoms with Crippen molar-refractivity contribution in [2.45, 2.75) is 26.1 Å². The molecule has 4 N–H and O–H groups in total. The van der Waals surface area contributed by atoms with Crippen molar-refractivity contribution in [3.05, 3.63) is 65.5 Å². The van der Waals surface area contributed by atoms with E-state index in [1.807, 2.05) is 18.3 Å². The lowest BCUT2D eigenvalue weighted by Gasteiger charge is -2.23. The second-order valence-electron chi connectivity index (χ2n) is 7.62. The first-order valence-electron chi connectivity index (χ1n) is 10.9. The van der Waals surface area contributed by atoms with Gasteiger partial charge in [0.2, 0.25) is 0 Å². The normalized spacial score (nSPS) is 16.1. The molecule has 2 aromatic rings. The number of hydrogen-bond acceptors (Lipinski definition) is 6. The highest BCUT2D eigenvalue weighted by molar-refractivity contribution is 5.23. The van der Waals surface area contributed by atoms with Gasteiger partial charge in [-0.15, -0.1) is 0 Å². The van der Waals surface area contributed by atoms with E-state index in [1.54, 1.807) is 0 Å². The molecule has 0 aliphatic carbocycles. The summed E-state index contributed by atoms with van der Waals surface area (Å²) >= 11 is 0. The monoisotopic (exact) mass is 396 g/mol. The molecule has 29 heavy (non-hydrogen) atoms. The maximum absolute atomic E-state index is 4.33. The van der Waals surface area contributed by atoms with Gasteiger partial charge in [0.05, 0.1) is 5.69 Å². The largest absolute Gasteiger partial charge is 0.315 e. The summed E-state index contributed by atoms with van der Waals surface area (Å²) in [6.07, 6.45) is 2.98. The highest BCUT2D eigenvalue weighted by Crippen LogP contribution is 2.05. The Balaban J connectivity index is 1.25. The standard InChI is InChI=1S/C23H36N6/c1-2-10-28-23(7-1)20-25-9-4-8-24-11-14-29-15-12-26-18-21-5-3-6-22(17-21)19-27-13-16-29/h1-3,5-7,10,17,24-27H,4,8-9,11-16,18-20H2. The third-order valence-corrected chi connectivity index (χ3v) is 5.20. The highest BCUT2D eigenvalue weighted by Gasteiger charge is 2.06. The van der Waals surface area contributed by atoms with E-state index in [2.05, 4.69) is 61.5 Å². The summed E-state index contributed by atoms with van der Waals surface area (Å²) in [5.74, 6) is 0. The van der Waals surface area contributed by atoms with Crippen LogP contribution >= 0.6 is 0 Å². The molecular formula is C23H36N6. The SMILES string of the molecule is c1ccc(CNCCCNCCN2CCNCc3cccc(c3)CNCC2)nc1. The van der Waals surface area contributed by atoms with E-state index >= 15 is 0 Å². The van der Waals surface area contributed by atoms with Crippen molar-refractivity contribution >= 4 is 0 Å². The van der Waals surface area contributed by atoms with Crippen LogP contribution in [0.1, 0.15) is 23.2 Å². The summed E-state index contributed by atoms with van der Waals surface area (Å²) < 4.78 is 0. The van der Waals surface area contributed by atoms with Crippen LogP contribution in [-0.2, 0) is 19.6 Å². The van der Waals surface area contributed by atoms with Gasteiger partial charge in [-0.3, -0.25) is 9.88 Å². The zero-order valence-corrected chi connectivity index (χ0v) is 17.5. The predicted octanol–water partition coefficient (Wildman–Crippen LogP) is 1.35. The van der Waals surface area contributed by atoms with E-state index in [1.165, 1.54) is 11.1 Å². The minimum atomic E-state index is 0.845. The van der Waals surface area contributed by atoms with Gasteiger partial charge in [0.15, 0.2) is 0 Å². The molecule has 2 bridgehead atoms. The molecule has 0 unspecified atom stereocenters. The first-order valence-corrected chi connectivity index (χ1v) is 10.9. The van der Waals surface area contributed by atoms with Gasteiger partial charge in [-0.05, 0) is 42.8 Å². The number of nitrogens with zero attached hydrogens (tertiary/aromatic N) is 2. The van der Waals surface area contributed by atoms with Crippen LogP contribution in [0.3, 0.4) is 0 Å². The average Bonchev–Trinajstić information content (AvgIpc) is 2.75. The van der Waals surface area contributed by atoms with Gasteiger partial charge in [-0.1, -0.05) is 30.3 Å². The van der Waals surface area contributed by atoms with E-state index in [4.69, 9.17) is 0 Å². The fourth-order valence-corrected chi connectivity index (χ4v) is 3.54. The molecular weight excluding hydrogens is 360 g/mol. The van der Waals surface area contributed by atoms with Crippen molar-refractivity contribution in [3.63, 3.8) is 0 Å². The number of fused-ring (bicyclic) bond motifs is 2. The van der Waals surface area contributed by atoms with Gasteiger partial charge in [-0.2, -0.15) is 0 Å². The molecule has 0 spiro atoms. The molecule has 0 saturated heterocycles. The van der Waals surface area contributed by atoms with Gasteiger partial charge >= 0.3 is 0 Å². The van der Waals surface area contributed by atoms with E-state index in [9.17, 15) is 0 Å². The third-order valence-electron chi connectivity index (χ3n) is 5.20. The Bertz CT molecular complexity index is 651. The first kappa shape index (κ1) is 21.9. The van der Waals surface area contributed by atoms with Gasteiger partial charge in [0.1, 0.15) is 0 Å². The van der Waals surface area contributed by atoms with Crippen LogP contribution in [0.25, 0.3) is 0 Å². The molecule has 1 aromatic heterocycles. The Kier molecular flexibility index (Phi) is 10.1. The Morgan fingerprint density at radius 2 is 1.62 bits per heavy atom. The molecule has 0 radical (unpaired) electrons. The lowest BCUT2D eigenvalue weighted by Crippen LogP contribution is -2.41. The van der Waals surface area contributed by atoms with Gasteiger partial charge in [0, 0.05) is 65.1 Å². The van der Waals surface area contributed by atoms with Crippen LogP contribution < -0.4 is 21.3 Å². The van der Waals surface area contributed by atoms with Crippen molar-refractivity contribution < 1.29 is 0 Å². The molecule has 6 heteroatoms. The summed E-state index contributed by atoms with van der Waals surface area (Å²) in [7, 11) is 0. The molecule has 0 atom stereocenters. The van der Waals surface area contributed by atoms with E-state index in [-0.39, 0.29) is 0 Å². The number of aromatic nitrogens is 1. The molecule has 0 fully saturated rings. The fraction of sp³-hybridized carbons (Fsp3) is 0.522. The lowest BCUT2D eigenvalue weighted by atomic mass is 10.1. The van der Waals surface area contributed by atoms with Gasteiger partial charge in [0.25, 0.3) is 0 Å². The Labute approximate surface area is 175 Å². The van der Waals surface area contributed by atoms with Gasteiger partial charge < -0.3 is 21.3 Å². The second kappa shape index (κ2) is 13.4. The minimum Gasteiger partial charge on any atom is -0.315 e. The summed E-state index contributed by atoms with van der Waals surface area (Å²) in [5.41, 5.74) is 3.84. The Hall–Kier alpha value is -1.83. The number of benzene rings is 1. The summed E-state index contributed by atoms with van der Waals surface area (Å²) in [5, 5.41) is 14.2. The summed E-state index contributed by atoms with van der Waals surface area (Å²) in [4.78, 5) is 6.87. The van der Waals surface area contributed by atoms with Gasteiger partial charge in [-0.25, -0.2) is 0 Å². The molecule has 1 aromatic carbocycles. The smallest absolute Gasteiger partial charge is 0.0541 e. The highest BCUT2D eigenvalue weighted by atomic mass is 15.2. The van der Waals surface area contributed by atoms with E-state index in [0.717, 1.165) is 84.1 Å². The maximum Gasteiger partial charge on any atom is 0.0541 e. The zero-order valence-electron chi connectivity index (χ0n) is 17.5. The van der Waals surface area contributed by atoms with Crippen LogP contribution in [0.2, 0.25) is 0 Å². The topological polar surface area (TPSA) is 64.2 Å². The minimum absolute atomic E-state index is 0.845. The number of nitrogens with one attached hydrogen (secondary N) is 4. The summed E-state index contributed by atoms with van der Waals surface area (Å²) in [6, 6.07) is 14.9. The van der Waals surface area contributed by atoms with Crippen molar-refractivity contribution in [1.82, 2.24) is 31.2 Å². The van der Waals surface area contributed by atoms with Crippen LogP contribution in [0.5, 0.6) is 0 Å². The molecule has 2 heterocycles. The van der Waals surface area contributed by atoms with Crippen LogP contribution in [0, 0.1) is 0 Å². The Morgan fingerprint density at radius 1 is 0.862 bits per heavy atom. The summed E-state index contributed by atoms with van der Waals surface area (Å²) in [6.45, 7) is 11.2. The second-order valence-corrected chi connectivity index (χ2v) is 7.62. The zero-order chi connectivity index (χ0) is 20.0. The molecule has 0 saturated carbocycles.